The number of hydrogen-bond acceptors (Lipinski definition) is 10. The van der Waals surface area contributed by atoms with Crippen molar-refractivity contribution in [3.05, 3.63) is 60.8 Å². The van der Waals surface area contributed by atoms with Crippen molar-refractivity contribution < 1.29 is 49.3 Å². The second kappa shape index (κ2) is 73.6. The molecule has 1 amide bonds. The lowest BCUT2D eigenvalue weighted by atomic mass is 9.99. The van der Waals surface area contributed by atoms with E-state index in [0.717, 1.165) is 64.2 Å². The summed E-state index contributed by atoms with van der Waals surface area (Å²) in [6.07, 6.45) is 89.8. The minimum atomic E-state index is -1.58. The number of rotatable bonds is 74. The van der Waals surface area contributed by atoms with Gasteiger partial charge in [0.1, 0.15) is 24.4 Å². The van der Waals surface area contributed by atoms with Gasteiger partial charge in [-0.3, -0.25) is 9.59 Å². The van der Waals surface area contributed by atoms with Gasteiger partial charge >= 0.3 is 5.97 Å². The minimum Gasteiger partial charge on any atom is -0.466 e. The van der Waals surface area contributed by atoms with Crippen LogP contribution < -0.4 is 5.32 Å². The Hall–Kier alpha value is -2.64. The van der Waals surface area contributed by atoms with E-state index < -0.39 is 49.5 Å². The molecule has 1 rings (SSSR count). The molecule has 96 heavy (non-hydrogen) atoms. The van der Waals surface area contributed by atoms with Crippen molar-refractivity contribution in [1.29, 1.82) is 0 Å². The van der Waals surface area contributed by atoms with Gasteiger partial charge in [-0.15, -0.1) is 0 Å². The average Bonchev–Trinajstić information content (AvgIpc) is 0.974. The van der Waals surface area contributed by atoms with E-state index in [9.17, 15) is 35.1 Å². The summed E-state index contributed by atoms with van der Waals surface area (Å²) in [5.41, 5.74) is 0. The lowest BCUT2D eigenvalue weighted by molar-refractivity contribution is -0.302. The Kier molecular flexibility index (Phi) is 70.0. The molecular formula is C85H157NO10. The smallest absolute Gasteiger partial charge is 0.305 e. The second-order valence-corrected chi connectivity index (χ2v) is 28.8. The van der Waals surface area contributed by atoms with E-state index in [2.05, 4.69) is 67.8 Å². The third-order valence-electron chi connectivity index (χ3n) is 19.6. The van der Waals surface area contributed by atoms with Crippen molar-refractivity contribution in [3.8, 4) is 0 Å². The van der Waals surface area contributed by atoms with E-state index in [1.54, 1.807) is 6.08 Å². The molecular weight excluding hydrogens is 1190 g/mol. The zero-order valence-electron chi connectivity index (χ0n) is 62.8. The van der Waals surface area contributed by atoms with Crippen molar-refractivity contribution in [3.63, 3.8) is 0 Å². The zero-order valence-corrected chi connectivity index (χ0v) is 62.8. The van der Waals surface area contributed by atoms with Gasteiger partial charge in [-0.1, -0.05) is 351 Å². The van der Waals surface area contributed by atoms with Gasteiger partial charge in [0, 0.05) is 12.8 Å². The lowest BCUT2D eigenvalue weighted by Crippen LogP contribution is -2.60. The number of carbonyl (C=O) groups is 2. The van der Waals surface area contributed by atoms with Gasteiger partial charge in [0.05, 0.1) is 32.0 Å². The SMILES string of the molecule is CCCCCCCCC/C=C\CCCCCCCC(=O)OCCCCCCCCCCCCCCCCC/C=C\C/C=C\CCCCCCCCCCCCCCCCCCCC(=O)NC(COC1OC(CO)C(O)C(O)C1O)C(O)/C=C/CC/C=C/CCCCCCCCC. The van der Waals surface area contributed by atoms with E-state index in [-0.39, 0.29) is 18.5 Å². The molecule has 0 aromatic heterocycles. The Bertz CT molecular complexity index is 1780. The molecule has 0 bridgehead atoms. The Morgan fingerprint density at radius 1 is 0.385 bits per heavy atom. The van der Waals surface area contributed by atoms with Crippen LogP contribution in [-0.4, -0.2) is 100 Å². The maximum absolute atomic E-state index is 13.1. The van der Waals surface area contributed by atoms with Crippen LogP contribution in [0.4, 0.5) is 0 Å². The normalized spacial score (nSPS) is 17.6. The van der Waals surface area contributed by atoms with Gasteiger partial charge in [-0.05, 0) is 103 Å². The largest absolute Gasteiger partial charge is 0.466 e. The molecule has 562 valence electrons. The Morgan fingerprint density at radius 3 is 1.09 bits per heavy atom. The summed E-state index contributed by atoms with van der Waals surface area (Å²) in [4.78, 5) is 25.2. The van der Waals surface area contributed by atoms with E-state index in [1.807, 2.05) is 6.08 Å². The van der Waals surface area contributed by atoms with Crippen LogP contribution in [-0.2, 0) is 23.8 Å². The molecule has 0 aliphatic carbocycles. The molecule has 6 N–H and O–H groups in total. The number of esters is 1. The van der Waals surface area contributed by atoms with Crippen LogP contribution in [0.2, 0.25) is 0 Å². The standard InChI is InChI=1S/C85H157NO10/c1-3-5-7-9-11-13-15-17-18-45-49-53-57-61-65-69-73-81(90)94-74-70-66-62-58-54-50-46-43-41-39-37-35-33-31-29-27-25-23-21-19-20-22-24-26-28-30-32-34-36-38-40-42-44-48-52-56-60-64-68-72-80(89)86-77(76-95-85-84(93)83(92)82(91)79(75-87)96-85)78(88)71-67-63-59-55-51-47-16-14-12-10-8-6-4-2/h18-20,23,25,45,51,55,67,71,77-79,82-85,87-88,91-93H,3-17,21-22,24,26-44,46-50,52-54,56-66,68-70,72-76H2,1-2H3,(H,86,89)/b20-19-,25-23-,45-18-,55-51+,71-67+. The summed E-state index contributed by atoms with van der Waals surface area (Å²) in [6, 6.07) is -0.826. The van der Waals surface area contributed by atoms with Crippen molar-refractivity contribution in [2.45, 2.75) is 448 Å². The van der Waals surface area contributed by atoms with Gasteiger partial charge in [0.15, 0.2) is 6.29 Å². The number of carbonyl (C=O) groups excluding carboxylic acids is 2. The zero-order chi connectivity index (χ0) is 69.4. The third kappa shape index (κ3) is 61.2. The quantitative estimate of drug-likeness (QED) is 0.0195. The van der Waals surface area contributed by atoms with Crippen LogP contribution in [0.15, 0.2) is 60.8 Å². The first kappa shape index (κ1) is 91.4. The predicted octanol–water partition coefficient (Wildman–Crippen LogP) is 22.8. The Balaban J connectivity index is 1.90. The van der Waals surface area contributed by atoms with E-state index >= 15 is 0 Å². The van der Waals surface area contributed by atoms with E-state index in [0.29, 0.717) is 19.4 Å². The number of amides is 1. The molecule has 0 saturated carbocycles. The van der Waals surface area contributed by atoms with E-state index in [1.165, 1.54) is 315 Å². The van der Waals surface area contributed by atoms with Crippen LogP contribution in [0.25, 0.3) is 0 Å². The van der Waals surface area contributed by atoms with Gasteiger partial charge in [0.25, 0.3) is 0 Å². The number of hydrogen-bond donors (Lipinski definition) is 6. The van der Waals surface area contributed by atoms with Crippen molar-refractivity contribution in [1.82, 2.24) is 5.32 Å². The van der Waals surface area contributed by atoms with Crippen molar-refractivity contribution in [2.24, 2.45) is 0 Å². The number of aliphatic hydroxyl groups is 5. The van der Waals surface area contributed by atoms with Crippen LogP contribution in [0.3, 0.4) is 0 Å². The molecule has 0 spiro atoms. The average molecular weight is 1350 g/mol. The summed E-state index contributed by atoms with van der Waals surface area (Å²) < 4.78 is 16.8. The molecule has 1 fully saturated rings. The summed E-state index contributed by atoms with van der Waals surface area (Å²) in [6.45, 7) is 4.36. The maximum Gasteiger partial charge on any atom is 0.305 e. The highest BCUT2D eigenvalue weighted by Crippen LogP contribution is 2.24. The Labute approximate surface area is 592 Å². The molecule has 1 aliphatic rings. The van der Waals surface area contributed by atoms with Gasteiger partial charge in [-0.25, -0.2) is 0 Å². The first-order chi connectivity index (χ1) is 47.2. The predicted molar refractivity (Wildman–Crippen MR) is 407 cm³/mol. The molecule has 7 atom stereocenters. The van der Waals surface area contributed by atoms with Gasteiger partial charge in [0.2, 0.25) is 5.91 Å². The number of ether oxygens (including phenoxy) is 3. The second-order valence-electron chi connectivity index (χ2n) is 28.8. The molecule has 11 heteroatoms. The minimum absolute atomic E-state index is 0.00739. The van der Waals surface area contributed by atoms with Crippen LogP contribution in [0, 0.1) is 0 Å². The van der Waals surface area contributed by atoms with Crippen LogP contribution >= 0.6 is 0 Å². The molecule has 0 aromatic carbocycles. The highest BCUT2D eigenvalue weighted by atomic mass is 16.7. The molecule has 0 radical (unpaired) electrons. The molecule has 0 aromatic rings. The van der Waals surface area contributed by atoms with E-state index in [4.69, 9.17) is 14.2 Å². The molecule has 7 unspecified atom stereocenters. The summed E-state index contributed by atoms with van der Waals surface area (Å²) >= 11 is 0. The highest BCUT2D eigenvalue weighted by molar-refractivity contribution is 5.76. The number of allylic oxidation sites excluding steroid dienone is 9. The van der Waals surface area contributed by atoms with Crippen LogP contribution in [0.1, 0.15) is 406 Å². The number of aliphatic hydroxyl groups excluding tert-OH is 5. The highest BCUT2D eigenvalue weighted by Gasteiger charge is 2.44. The first-order valence-electron chi connectivity index (χ1n) is 41.6. The lowest BCUT2D eigenvalue weighted by Gasteiger charge is -2.40. The topological polar surface area (TPSA) is 175 Å². The Morgan fingerprint density at radius 2 is 0.708 bits per heavy atom. The summed E-state index contributed by atoms with van der Waals surface area (Å²) in [5, 5.41) is 54.5. The van der Waals surface area contributed by atoms with Crippen LogP contribution in [0.5, 0.6) is 0 Å². The molecule has 1 aliphatic heterocycles. The number of nitrogens with one attached hydrogen (secondary N) is 1. The molecule has 1 heterocycles. The van der Waals surface area contributed by atoms with Crippen molar-refractivity contribution in [2.75, 3.05) is 19.8 Å². The van der Waals surface area contributed by atoms with Gasteiger partial charge in [-0.2, -0.15) is 0 Å². The third-order valence-corrected chi connectivity index (χ3v) is 19.6. The summed E-state index contributed by atoms with van der Waals surface area (Å²) in [7, 11) is 0. The fourth-order valence-corrected chi connectivity index (χ4v) is 13.1. The monoisotopic (exact) mass is 1350 g/mol. The number of unbranched alkanes of at least 4 members (excludes halogenated alkanes) is 52. The fourth-order valence-electron chi connectivity index (χ4n) is 13.1. The molecule has 11 nitrogen and oxygen atoms in total. The first-order valence-corrected chi connectivity index (χ1v) is 41.6. The maximum atomic E-state index is 13.1. The van der Waals surface area contributed by atoms with Gasteiger partial charge < -0.3 is 45.1 Å². The fraction of sp³-hybridized carbons (Fsp3) is 0.859. The molecule has 1 saturated heterocycles. The van der Waals surface area contributed by atoms with Crippen molar-refractivity contribution >= 4 is 11.9 Å². The summed E-state index contributed by atoms with van der Waals surface area (Å²) in [5.74, 6) is -0.180.